The Kier molecular flexibility index (Phi) is 4.38. The zero-order valence-corrected chi connectivity index (χ0v) is 13.9. The second-order valence-electron chi connectivity index (χ2n) is 5.37. The van der Waals surface area contributed by atoms with E-state index in [1.165, 1.54) is 19.2 Å². The minimum atomic E-state index is -0.218. The molecule has 1 aromatic carbocycles. The molecule has 1 N–H and O–H groups in total. The highest BCUT2D eigenvalue weighted by Gasteiger charge is 2.16. The third-order valence-electron chi connectivity index (χ3n) is 3.73. The number of nitrogens with one attached hydrogen (secondary N) is 1. The maximum Gasteiger partial charge on any atom is 0.274 e. The average Bonchev–Trinajstić information content (AvgIpc) is 3.05. The van der Waals surface area contributed by atoms with Gasteiger partial charge in [0.05, 0.1) is 0 Å². The van der Waals surface area contributed by atoms with Gasteiger partial charge in [0.25, 0.3) is 5.91 Å². The van der Waals surface area contributed by atoms with Crippen LogP contribution in [0.4, 0.5) is 11.5 Å². The van der Waals surface area contributed by atoms with Crippen LogP contribution in [-0.4, -0.2) is 29.0 Å². The number of aryl methyl sites for hydroxylation is 1. The minimum Gasteiger partial charge on any atom is -0.357 e. The highest BCUT2D eigenvalue weighted by atomic mass is 79.9. The average molecular weight is 361 g/mol. The third kappa shape index (κ3) is 3.27. The van der Waals surface area contributed by atoms with Crippen molar-refractivity contribution in [3.63, 3.8) is 0 Å². The standard InChI is InChI=1S/C16H17BrN4O/c1-11-8-12(4-5-13(11)17)20-16(22)14-9-15(19-10-18-14)21-6-2-3-7-21/h4-5,8-10H,2-3,6-7H2,1H3,(H,20,22). The topological polar surface area (TPSA) is 58.1 Å². The van der Waals surface area contributed by atoms with Gasteiger partial charge in [-0.1, -0.05) is 15.9 Å². The minimum absolute atomic E-state index is 0.218. The largest absolute Gasteiger partial charge is 0.357 e. The van der Waals surface area contributed by atoms with Crippen molar-refractivity contribution in [2.24, 2.45) is 0 Å². The molecule has 3 rings (SSSR count). The summed E-state index contributed by atoms with van der Waals surface area (Å²) in [5.74, 6) is 0.606. The summed E-state index contributed by atoms with van der Waals surface area (Å²) in [6.07, 6.45) is 3.79. The van der Waals surface area contributed by atoms with E-state index in [9.17, 15) is 4.79 Å². The number of hydrogen-bond acceptors (Lipinski definition) is 4. The quantitative estimate of drug-likeness (QED) is 0.911. The molecule has 1 fully saturated rings. The second kappa shape index (κ2) is 6.44. The maximum absolute atomic E-state index is 12.3. The summed E-state index contributed by atoms with van der Waals surface area (Å²) in [5.41, 5.74) is 2.21. The molecule has 0 radical (unpaired) electrons. The van der Waals surface area contributed by atoms with Gasteiger partial charge in [-0.25, -0.2) is 9.97 Å². The molecule has 114 valence electrons. The Morgan fingerprint density at radius 1 is 1.23 bits per heavy atom. The van der Waals surface area contributed by atoms with Crippen LogP contribution in [0.2, 0.25) is 0 Å². The van der Waals surface area contributed by atoms with Gasteiger partial charge in [-0.15, -0.1) is 0 Å². The van der Waals surface area contributed by atoms with Crippen LogP contribution < -0.4 is 10.2 Å². The van der Waals surface area contributed by atoms with Crippen molar-refractivity contribution in [2.75, 3.05) is 23.3 Å². The highest BCUT2D eigenvalue weighted by molar-refractivity contribution is 9.10. The van der Waals surface area contributed by atoms with Crippen molar-refractivity contribution in [3.8, 4) is 0 Å². The van der Waals surface area contributed by atoms with Crippen LogP contribution >= 0.6 is 15.9 Å². The summed E-state index contributed by atoms with van der Waals surface area (Å²) in [5, 5.41) is 2.88. The lowest BCUT2D eigenvalue weighted by Gasteiger charge is -2.16. The molecular weight excluding hydrogens is 344 g/mol. The second-order valence-corrected chi connectivity index (χ2v) is 6.23. The van der Waals surface area contributed by atoms with E-state index in [1.807, 2.05) is 25.1 Å². The van der Waals surface area contributed by atoms with Crippen molar-refractivity contribution >= 4 is 33.3 Å². The lowest BCUT2D eigenvalue weighted by atomic mass is 10.2. The van der Waals surface area contributed by atoms with E-state index in [2.05, 4.69) is 36.1 Å². The van der Waals surface area contributed by atoms with Gasteiger partial charge in [0, 0.05) is 29.3 Å². The van der Waals surface area contributed by atoms with E-state index >= 15 is 0 Å². The zero-order chi connectivity index (χ0) is 15.5. The molecule has 1 aliphatic rings. The predicted molar refractivity (Wildman–Crippen MR) is 90.3 cm³/mol. The number of amides is 1. The van der Waals surface area contributed by atoms with Crippen LogP contribution in [0.15, 0.2) is 35.1 Å². The van der Waals surface area contributed by atoms with Gasteiger partial charge in [0.2, 0.25) is 0 Å². The van der Waals surface area contributed by atoms with E-state index in [0.29, 0.717) is 5.69 Å². The van der Waals surface area contributed by atoms with Gasteiger partial charge >= 0.3 is 0 Å². The van der Waals surface area contributed by atoms with Gasteiger partial charge in [-0.05, 0) is 43.5 Å². The Bertz CT molecular complexity index is 698. The summed E-state index contributed by atoms with van der Waals surface area (Å²) >= 11 is 3.45. The van der Waals surface area contributed by atoms with Crippen molar-refractivity contribution < 1.29 is 4.79 Å². The Morgan fingerprint density at radius 2 is 2.00 bits per heavy atom. The molecule has 0 spiro atoms. The molecule has 2 heterocycles. The van der Waals surface area contributed by atoms with Gasteiger partial charge in [0.1, 0.15) is 17.8 Å². The molecule has 1 amide bonds. The van der Waals surface area contributed by atoms with Crippen LogP contribution in [0.5, 0.6) is 0 Å². The van der Waals surface area contributed by atoms with Crippen LogP contribution in [0.1, 0.15) is 28.9 Å². The highest BCUT2D eigenvalue weighted by Crippen LogP contribution is 2.21. The molecule has 2 aromatic rings. The lowest BCUT2D eigenvalue weighted by Crippen LogP contribution is -2.21. The first kappa shape index (κ1) is 15.0. The molecule has 6 heteroatoms. The van der Waals surface area contributed by atoms with E-state index < -0.39 is 0 Å². The fraction of sp³-hybridized carbons (Fsp3) is 0.312. The Labute approximate surface area is 137 Å². The van der Waals surface area contributed by atoms with Crippen LogP contribution in [0, 0.1) is 6.92 Å². The van der Waals surface area contributed by atoms with Crippen molar-refractivity contribution in [1.29, 1.82) is 0 Å². The van der Waals surface area contributed by atoms with E-state index in [-0.39, 0.29) is 5.91 Å². The van der Waals surface area contributed by atoms with Crippen molar-refractivity contribution in [1.82, 2.24) is 9.97 Å². The van der Waals surface area contributed by atoms with E-state index in [0.717, 1.165) is 34.6 Å². The monoisotopic (exact) mass is 360 g/mol. The zero-order valence-electron chi connectivity index (χ0n) is 12.3. The molecule has 22 heavy (non-hydrogen) atoms. The van der Waals surface area contributed by atoms with Gasteiger partial charge in [0.15, 0.2) is 0 Å². The molecule has 0 aliphatic carbocycles. The van der Waals surface area contributed by atoms with E-state index in [4.69, 9.17) is 0 Å². The number of carbonyl (C=O) groups excluding carboxylic acids is 1. The molecule has 0 atom stereocenters. The lowest BCUT2D eigenvalue weighted by molar-refractivity contribution is 0.102. The summed E-state index contributed by atoms with van der Waals surface area (Å²) in [6, 6.07) is 7.45. The Hall–Kier alpha value is -1.95. The summed E-state index contributed by atoms with van der Waals surface area (Å²) in [7, 11) is 0. The molecule has 1 saturated heterocycles. The number of rotatable bonds is 3. The normalized spacial score (nSPS) is 14.2. The maximum atomic E-state index is 12.3. The van der Waals surface area contributed by atoms with E-state index in [1.54, 1.807) is 6.07 Å². The van der Waals surface area contributed by atoms with Crippen molar-refractivity contribution in [3.05, 3.63) is 46.3 Å². The SMILES string of the molecule is Cc1cc(NC(=O)c2cc(N3CCCC3)ncn2)ccc1Br. The fourth-order valence-electron chi connectivity index (χ4n) is 2.51. The number of benzene rings is 1. The first-order valence-corrected chi connectivity index (χ1v) is 8.07. The first-order valence-electron chi connectivity index (χ1n) is 7.28. The first-order chi connectivity index (χ1) is 10.6. The number of halogens is 1. The fourth-order valence-corrected chi connectivity index (χ4v) is 2.75. The van der Waals surface area contributed by atoms with Gasteiger partial charge < -0.3 is 10.2 Å². The van der Waals surface area contributed by atoms with Gasteiger partial charge in [-0.2, -0.15) is 0 Å². The van der Waals surface area contributed by atoms with Crippen LogP contribution in [0.3, 0.4) is 0 Å². The molecule has 1 aliphatic heterocycles. The van der Waals surface area contributed by atoms with Crippen LogP contribution in [0.25, 0.3) is 0 Å². The molecule has 0 unspecified atom stereocenters. The molecule has 5 nitrogen and oxygen atoms in total. The molecule has 1 aromatic heterocycles. The smallest absolute Gasteiger partial charge is 0.274 e. The molecule has 0 bridgehead atoms. The number of hydrogen-bond donors (Lipinski definition) is 1. The van der Waals surface area contributed by atoms with Gasteiger partial charge in [-0.3, -0.25) is 4.79 Å². The van der Waals surface area contributed by atoms with Crippen molar-refractivity contribution in [2.45, 2.75) is 19.8 Å². The summed E-state index contributed by atoms with van der Waals surface area (Å²) in [4.78, 5) is 22.9. The Balaban J connectivity index is 1.76. The summed E-state index contributed by atoms with van der Waals surface area (Å²) < 4.78 is 1.02. The number of anilines is 2. The third-order valence-corrected chi connectivity index (χ3v) is 4.62. The number of aromatic nitrogens is 2. The number of nitrogens with zero attached hydrogens (tertiary/aromatic N) is 3. The van der Waals surface area contributed by atoms with Crippen LogP contribution in [-0.2, 0) is 0 Å². The molecular formula is C16H17BrN4O. The molecule has 0 saturated carbocycles. The predicted octanol–water partition coefficient (Wildman–Crippen LogP) is 3.40. The summed E-state index contributed by atoms with van der Waals surface area (Å²) in [6.45, 7) is 3.96. The number of carbonyl (C=O) groups is 1. The Morgan fingerprint density at radius 3 is 2.73 bits per heavy atom.